The summed E-state index contributed by atoms with van der Waals surface area (Å²) in [5.74, 6) is 0. The van der Waals surface area contributed by atoms with Crippen LogP contribution in [0.5, 0.6) is 0 Å². The number of rotatable bonds is 58. The van der Waals surface area contributed by atoms with Gasteiger partial charge in [-0.2, -0.15) is 0 Å². The van der Waals surface area contributed by atoms with Crippen molar-refractivity contribution in [1.29, 1.82) is 0 Å². The third-order valence-corrected chi connectivity index (χ3v) is 16.0. The van der Waals surface area contributed by atoms with Gasteiger partial charge in [-0.1, -0.05) is 342 Å². The summed E-state index contributed by atoms with van der Waals surface area (Å²) in [6, 6.07) is 0. The van der Waals surface area contributed by atoms with E-state index in [-0.39, 0.29) is 0 Å². The predicted octanol–water partition coefficient (Wildman–Crippen LogP) is 22.1. The molecule has 0 bridgehead atoms. The minimum atomic E-state index is -3.71. The van der Waals surface area contributed by atoms with E-state index in [4.69, 9.17) is 4.52 Å². The van der Waals surface area contributed by atoms with Crippen molar-refractivity contribution in [3.8, 4) is 0 Å². The van der Waals surface area contributed by atoms with E-state index in [0.29, 0.717) is 19.7 Å². The zero-order valence-electron chi connectivity index (χ0n) is 44.8. The maximum atomic E-state index is 13.3. The van der Waals surface area contributed by atoms with Crippen molar-refractivity contribution < 1.29 is 14.0 Å². The summed E-state index contributed by atoms with van der Waals surface area (Å²) in [5.41, 5.74) is 0. The Morgan fingerprint density at radius 3 is 0.609 bits per heavy atom. The van der Waals surface area contributed by atoms with Crippen LogP contribution in [-0.4, -0.2) is 29.3 Å². The molecular formula is C59H122NO3P. The largest absolute Gasteiger partial charge is 0.405 e. The van der Waals surface area contributed by atoms with E-state index in [0.717, 1.165) is 44.9 Å². The van der Waals surface area contributed by atoms with Crippen LogP contribution in [0.3, 0.4) is 0 Å². The van der Waals surface area contributed by atoms with Crippen molar-refractivity contribution in [2.24, 2.45) is 0 Å². The smallest absolute Gasteiger partial charge is 0.312 e. The lowest BCUT2D eigenvalue weighted by atomic mass is 10.0. The third kappa shape index (κ3) is 51.5. The highest BCUT2D eigenvalue weighted by Crippen LogP contribution is 2.47. The minimum Gasteiger partial charge on any atom is -0.312 e. The highest BCUT2D eigenvalue weighted by molar-refractivity contribution is 7.50. The Kier molecular flexibility index (Phi) is 55.8. The molecule has 0 saturated heterocycles. The van der Waals surface area contributed by atoms with Gasteiger partial charge in [0.25, 0.3) is 0 Å². The molecule has 5 heteroatoms. The lowest BCUT2D eigenvalue weighted by Gasteiger charge is -2.26. The normalized spacial score (nSPS) is 12.8. The Labute approximate surface area is 405 Å². The second-order valence-corrected chi connectivity index (χ2v) is 22.8. The van der Waals surface area contributed by atoms with Crippen molar-refractivity contribution in [2.45, 2.75) is 361 Å². The van der Waals surface area contributed by atoms with Gasteiger partial charge in [0.2, 0.25) is 0 Å². The fourth-order valence-electron chi connectivity index (χ4n) is 9.85. The number of hydrogen-bond acceptors (Lipinski definition) is 2. The standard InChI is InChI=1S/C59H122NO3P/c1-4-7-10-12-14-16-18-20-22-24-26-28-30-32-34-36-38-40-42-44-46-48-50-52-54-57-60(64(61,62)63-59-56-9-6-3)58-55-53-51-49-47-45-43-41-39-37-35-33-31-29-27-25-23-21-19-17-15-13-11-8-5-2/h4-59H2,1-3H3,(H,61,62). The molecule has 0 saturated carbocycles. The molecule has 0 fully saturated rings. The van der Waals surface area contributed by atoms with Gasteiger partial charge in [0.15, 0.2) is 0 Å². The molecule has 0 rings (SSSR count). The first-order valence-corrected chi connectivity index (χ1v) is 31.8. The molecule has 4 nitrogen and oxygen atoms in total. The zero-order chi connectivity index (χ0) is 46.4. The quantitative estimate of drug-likeness (QED) is 0.0488. The summed E-state index contributed by atoms with van der Waals surface area (Å²) in [4.78, 5) is 10.9. The van der Waals surface area contributed by atoms with Crippen LogP contribution >= 0.6 is 7.75 Å². The number of hydrogen-bond donors (Lipinski definition) is 1. The van der Waals surface area contributed by atoms with Gasteiger partial charge in [0.05, 0.1) is 6.61 Å². The molecule has 1 N–H and O–H groups in total. The molecular weight excluding hydrogens is 802 g/mol. The second-order valence-electron chi connectivity index (χ2n) is 21.0. The highest BCUT2D eigenvalue weighted by atomic mass is 31.2. The first kappa shape index (κ1) is 64.1. The summed E-state index contributed by atoms with van der Waals surface area (Å²) >= 11 is 0. The molecule has 0 aliphatic heterocycles. The Morgan fingerprint density at radius 1 is 0.266 bits per heavy atom. The SMILES string of the molecule is CCCCCCCCCCCCCCCCCCCCCCCCCCCN(CCCCCCCCCCCCCCCCCCCCCCCCCCC)P(=O)(O)OCCCCC. The summed E-state index contributed by atoms with van der Waals surface area (Å²) in [5, 5.41) is 0. The van der Waals surface area contributed by atoms with Gasteiger partial charge in [-0.25, -0.2) is 9.24 Å². The van der Waals surface area contributed by atoms with Gasteiger partial charge < -0.3 is 4.89 Å². The van der Waals surface area contributed by atoms with Crippen LogP contribution in [0.15, 0.2) is 0 Å². The Balaban J connectivity index is 3.74. The van der Waals surface area contributed by atoms with E-state index < -0.39 is 7.75 Å². The average molecular weight is 925 g/mol. The molecule has 1 atom stereocenters. The molecule has 0 aliphatic rings. The van der Waals surface area contributed by atoms with Gasteiger partial charge in [-0.15, -0.1) is 0 Å². The Morgan fingerprint density at radius 2 is 0.422 bits per heavy atom. The summed E-state index contributed by atoms with van der Waals surface area (Å²) in [6.07, 6.45) is 72.8. The molecule has 0 amide bonds. The van der Waals surface area contributed by atoms with Crippen molar-refractivity contribution in [1.82, 2.24) is 4.67 Å². The topological polar surface area (TPSA) is 49.8 Å². The van der Waals surface area contributed by atoms with Crippen LogP contribution in [-0.2, 0) is 9.09 Å². The number of nitrogens with zero attached hydrogens (tertiary/aromatic N) is 1. The zero-order valence-corrected chi connectivity index (χ0v) is 45.7. The molecule has 0 aliphatic carbocycles. The third-order valence-electron chi connectivity index (χ3n) is 14.4. The number of unbranched alkanes of at least 4 members (excludes halogenated alkanes) is 50. The predicted molar refractivity (Wildman–Crippen MR) is 289 cm³/mol. The minimum absolute atomic E-state index is 0.400. The molecule has 0 radical (unpaired) electrons. The first-order chi connectivity index (χ1) is 31.6. The van der Waals surface area contributed by atoms with E-state index in [2.05, 4.69) is 20.8 Å². The van der Waals surface area contributed by atoms with Crippen LogP contribution in [0.2, 0.25) is 0 Å². The van der Waals surface area contributed by atoms with Crippen LogP contribution < -0.4 is 0 Å². The molecule has 0 spiro atoms. The molecule has 64 heavy (non-hydrogen) atoms. The average Bonchev–Trinajstić information content (AvgIpc) is 3.29. The molecule has 0 aromatic carbocycles. The van der Waals surface area contributed by atoms with E-state index >= 15 is 0 Å². The monoisotopic (exact) mass is 924 g/mol. The van der Waals surface area contributed by atoms with Crippen LogP contribution in [0.4, 0.5) is 0 Å². The fraction of sp³-hybridized carbons (Fsp3) is 1.00. The van der Waals surface area contributed by atoms with Gasteiger partial charge in [0, 0.05) is 13.1 Å². The highest BCUT2D eigenvalue weighted by Gasteiger charge is 2.28. The van der Waals surface area contributed by atoms with Crippen LogP contribution in [0, 0.1) is 0 Å². The van der Waals surface area contributed by atoms with Crippen molar-refractivity contribution in [2.75, 3.05) is 19.7 Å². The van der Waals surface area contributed by atoms with Crippen LogP contribution in [0.1, 0.15) is 361 Å². The van der Waals surface area contributed by atoms with Crippen molar-refractivity contribution in [3.63, 3.8) is 0 Å². The molecule has 0 aromatic rings. The first-order valence-electron chi connectivity index (χ1n) is 30.3. The summed E-state index contributed by atoms with van der Waals surface area (Å²) in [7, 11) is -3.71. The summed E-state index contributed by atoms with van der Waals surface area (Å²) < 4.78 is 20.7. The molecule has 1 unspecified atom stereocenters. The van der Waals surface area contributed by atoms with Gasteiger partial charge in [-0.3, -0.25) is 4.52 Å². The van der Waals surface area contributed by atoms with Gasteiger partial charge in [-0.05, 0) is 19.3 Å². The second kappa shape index (κ2) is 55.7. The summed E-state index contributed by atoms with van der Waals surface area (Å²) in [6.45, 7) is 8.56. The van der Waals surface area contributed by atoms with E-state index in [9.17, 15) is 9.46 Å². The maximum Gasteiger partial charge on any atom is 0.405 e. The fourth-order valence-corrected chi connectivity index (χ4v) is 11.2. The van der Waals surface area contributed by atoms with E-state index in [1.165, 1.54) is 295 Å². The lowest BCUT2D eigenvalue weighted by molar-refractivity contribution is 0.194. The van der Waals surface area contributed by atoms with E-state index in [1.807, 2.05) is 4.67 Å². The maximum absolute atomic E-state index is 13.3. The Bertz CT molecular complexity index is 830. The molecule has 386 valence electrons. The lowest BCUT2D eigenvalue weighted by Crippen LogP contribution is -2.24. The van der Waals surface area contributed by atoms with Gasteiger partial charge in [0.1, 0.15) is 0 Å². The van der Waals surface area contributed by atoms with Crippen molar-refractivity contribution >= 4 is 7.75 Å². The Hall–Kier alpha value is 0.110. The molecule has 0 aromatic heterocycles. The van der Waals surface area contributed by atoms with E-state index in [1.54, 1.807) is 0 Å². The van der Waals surface area contributed by atoms with Crippen LogP contribution in [0.25, 0.3) is 0 Å². The van der Waals surface area contributed by atoms with Gasteiger partial charge >= 0.3 is 7.75 Å². The van der Waals surface area contributed by atoms with Crippen molar-refractivity contribution in [3.05, 3.63) is 0 Å². The molecule has 0 heterocycles.